The molecule has 0 spiro atoms. The fourth-order valence-electron chi connectivity index (χ4n) is 8.51. The third kappa shape index (κ3) is 10.8. The van der Waals surface area contributed by atoms with Crippen molar-refractivity contribution in [3.8, 4) is 0 Å². The van der Waals surface area contributed by atoms with Crippen molar-refractivity contribution in [3.63, 3.8) is 0 Å². The predicted octanol–water partition coefficient (Wildman–Crippen LogP) is 7.62. The second kappa shape index (κ2) is 20.6. The average molecular weight is 913 g/mol. The van der Waals surface area contributed by atoms with Gasteiger partial charge >= 0.3 is 0 Å². The highest BCUT2D eigenvalue weighted by Gasteiger charge is 2.24. The van der Waals surface area contributed by atoms with E-state index >= 15 is 0 Å². The molecule has 0 aliphatic heterocycles. The van der Waals surface area contributed by atoms with Crippen molar-refractivity contribution in [3.05, 3.63) is 121 Å². The lowest BCUT2D eigenvalue weighted by Gasteiger charge is -2.27. The number of benzene rings is 3. The van der Waals surface area contributed by atoms with Crippen molar-refractivity contribution in [2.75, 3.05) is 45.7 Å². The number of hydrogen-bond donors (Lipinski definition) is 6. The molecule has 0 saturated heterocycles. The van der Waals surface area contributed by atoms with Crippen molar-refractivity contribution in [2.45, 2.75) is 94.3 Å². The maximum atomic E-state index is 13.3. The van der Waals surface area contributed by atoms with Gasteiger partial charge in [0.05, 0.1) is 22.0 Å². The van der Waals surface area contributed by atoms with E-state index in [4.69, 9.17) is 11.5 Å². The smallest absolute Gasteiger partial charge is 0.264 e. The third-order valence-corrected chi connectivity index (χ3v) is 14.1. The van der Waals surface area contributed by atoms with Crippen LogP contribution in [-0.4, -0.2) is 92.7 Å². The molecule has 1 amide bonds. The quantitative estimate of drug-likeness (QED) is 0.0620. The molecule has 3 aromatic carbocycles. The van der Waals surface area contributed by atoms with Crippen molar-refractivity contribution in [1.29, 1.82) is 0 Å². The zero-order chi connectivity index (χ0) is 46.2. The van der Waals surface area contributed by atoms with Crippen LogP contribution in [0.1, 0.15) is 75.6 Å². The van der Waals surface area contributed by atoms with Crippen LogP contribution in [0.5, 0.6) is 0 Å². The number of nitrogens with two attached hydrogens (primary N) is 2. The van der Waals surface area contributed by atoms with Crippen molar-refractivity contribution in [1.82, 2.24) is 34.1 Å². The topological polar surface area (TPSA) is 218 Å². The molecule has 0 unspecified atom stereocenters. The van der Waals surface area contributed by atoms with Gasteiger partial charge in [0.15, 0.2) is 11.3 Å². The van der Waals surface area contributed by atoms with Gasteiger partial charge in [0.2, 0.25) is 0 Å². The molecule has 0 atom stereocenters. The second-order valence-corrected chi connectivity index (χ2v) is 18.9. The molecule has 9 rings (SSSR count). The molecule has 4 heterocycles. The van der Waals surface area contributed by atoms with E-state index in [1.54, 1.807) is 65.0 Å². The summed E-state index contributed by atoms with van der Waals surface area (Å²) in [5.74, 6) is 1.56. The molecule has 2 aliphatic carbocycles. The van der Waals surface area contributed by atoms with E-state index < -0.39 is 10.0 Å². The number of aromatic nitrogens is 6. The van der Waals surface area contributed by atoms with Gasteiger partial charge in [0, 0.05) is 98.2 Å². The summed E-state index contributed by atoms with van der Waals surface area (Å²) in [6.45, 7) is 5.36. The molecule has 346 valence electrons. The summed E-state index contributed by atoms with van der Waals surface area (Å²) in [5, 5.41) is 23.1. The first-order valence-corrected chi connectivity index (χ1v) is 24.2. The summed E-state index contributed by atoms with van der Waals surface area (Å²) in [6, 6.07) is 28.5. The number of amides is 1. The number of sulfonamides is 1. The number of fused-ring (bicyclic) bond motifs is 2. The predicted molar refractivity (Wildman–Crippen MR) is 262 cm³/mol. The summed E-state index contributed by atoms with van der Waals surface area (Å²) < 4.78 is 31.3. The van der Waals surface area contributed by atoms with Gasteiger partial charge in [0.25, 0.3) is 15.9 Å². The molecular weight excluding hydrogens is 853 g/mol. The first-order valence-electron chi connectivity index (χ1n) is 22.8. The van der Waals surface area contributed by atoms with Gasteiger partial charge < -0.3 is 37.6 Å². The van der Waals surface area contributed by atoms with E-state index in [1.807, 2.05) is 85.6 Å². The Labute approximate surface area is 386 Å². The summed E-state index contributed by atoms with van der Waals surface area (Å²) >= 11 is 0. The first kappa shape index (κ1) is 45.8. The van der Waals surface area contributed by atoms with Crippen LogP contribution < -0.4 is 37.0 Å². The SMILES string of the molecule is CCN(CC)C(=O)c1cccc(Nc2cc(N[C@H]3CC[C@H](N)CC3)nn3ccnc23)c1.CN(c1ccccc1)S(=O)(=O)c1cccc(Nc2cc(N[C@H]3CC[C@H](N)CC3)nn3ccnc23)c1. The maximum Gasteiger partial charge on any atom is 0.264 e. The highest BCUT2D eigenvalue weighted by molar-refractivity contribution is 7.92. The van der Waals surface area contributed by atoms with Crippen LogP contribution in [0, 0.1) is 0 Å². The Kier molecular flexibility index (Phi) is 14.3. The number of carbonyl (C=O) groups is 1. The fourth-order valence-corrected chi connectivity index (χ4v) is 9.75. The Morgan fingerprint density at radius 3 is 1.68 bits per heavy atom. The van der Waals surface area contributed by atoms with Crippen molar-refractivity contribution >= 4 is 67.3 Å². The molecule has 8 N–H and O–H groups in total. The number of rotatable bonds is 14. The molecular formula is C48H60N14O3S. The van der Waals surface area contributed by atoms with Gasteiger partial charge in [0.1, 0.15) is 11.6 Å². The molecule has 4 aromatic heterocycles. The van der Waals surface area contributed by atoms with Crippen LogP contribution in [-0.2, 0) is 10.0 Å². The normalized spacial score (nSPS) is 18.5. The molecule has 0 bridgehead atoms. The molecule has 2 fully saturated rings. The number of hydrogen-bond acceptors (Lipinski definition) is 13. The van der Waals surface area contributed by atoms with Crippen LogP contribution in [0.15, 0.2) is 121 Å². The first-order chi connectivity index (χ1) is 32.0. The fraction of sp³-hybridized carbons (Fsp3) is 0.354. The average Bonchev–Trinajstić information content (AvgIpc) is 4.02. The second-order valence-electron chi connectivity index (χ2n) is 16.9. The molecule has 0 radical (unpaired) electrons. The van der Waals surface area contributed by atoms with Crippen LogP contribution in [0.25, 0.3) is 11.3 Å². The number of nitrogens with zero attached hydrogens (tertiary/aromatic N) is 8. The monoisotopic (exact) mass is 912 g/mol. The maximum absolute atomic E-state index is 13.3. The number of para-hydroxylation sites is 1. The van der Waals surface area contributed by atoms with Crippen LogP contribution in [0.3, 0.4) is 0 Å². The highest BCUT2D eigenvalue weighted by atomic mass is 32.2. The van der Waals surface area contributed by atoms with Gasteiger partial charge in [-0.3, -0.25) is 9.10 Å². The van der Waals surface area contributed by atoms with Gasteiger partial charge in [-0.25, -0.2) is 27.4 Å². The van der Waals surface area contributed by atoms with Gasteiger partial charge in [-0.1, -0.05) is 30.3 Å². The van der Waals surface area contributed by atoms with E-state index in [0.717, 1.165) is 85.7 Å². The van der Waals surface area contributed by atoms with Crippen molar-refractivity contribution < 1.29 is 13.2 Å². The van der Waals surface area contributed by atoms with Gasteiger partial charge in [-0.05, 0) is 114 Å². The molecule has 66 heavy (non-hydrogen) atoms. The standard InChI is InChI=1S/C25H29N7O2S.C23H31N7O/c1-31(21-7-3-2-4-8-21)35(33,34)22-9-5-6-20(16-22)28-23-17-24(30-32-15-14-27-25(23)32)29-19-12-10-18(26)11-13-19;1-3-29(4-2)23(31)16-6-5-7-19(14-16)26-20-15-21(28-30-13-12-25-22(20)30)27-18-10-8-17(24)9-11-18/h2-9,14-19,28H,10-13,26H2,1H3,(H,29,30);5-7,12-15,17-18,26H,3-4,8-11,24H2,1-2H3,(H,27,28)/t18-,19-;17-,18-. The van der Waals surface area contributed by atoms with Gasteiger partial charge in [-0.2, -0.15) is 0 Å². The van der Waals surface area contributed by atoms with E-state index in [0.29, 0.717) is 53.8 Å². The minimum Gasteiger partial charge on any atom is -0.366 e. The van der Waals surface area contributed by atoms with Crippen LogP contribution >= 0.6 is 0 Å². The Morgan fingerprint density at radius 2 is 1.17 bits per heavy atom. The summed E-state index contributed by atoms with van der Waals surface area (Å²) in [7, 11) is -2.18. The summed E-state index contributed by atoms with van der Waals surface area (Å²) in [5.41, 5.74) is 17.8. The molecule has 2 aliphatic rings. The zero-order valence-electron chi connectivity index (χ0n) is 37.7. The van der Waals surface area contributed by atoms with E-state index in [-0.39, 0.29) is 16.8 Å². The number of anilines is 7. The zero-order valence-corrected chi connectivity index (χ0v) is 38.5. The Morgan fingerprint density at radius 1 is 0.667 bits per heavy atom. The molecule has 17 nitrogen and oxygen atoms in total. The van der Waals surface area contributed by atoms with E-state index in [1.165, 1.54) is 4.31 Å². The molecule has 7 aromatic rings. The number of imidazole rings is 2. The van der Waals surface area contributed by atoms with E-state index in [2.05, 4.69) is 41.4 Å². The molecule has 18 heteroatoms. The summed E-state index contributed by atoms with van der Waals surface area (Å²) in [6.07, 6.45) is 15.2. The van der Waals surface area contributed by atoms with Gasteiger partial charge in [-0.15, -0.1) is 10.2 Å². The third-order valence-electron chi connectivity index (χ3n) is 12.3. The minimum absolute atomic E-state index is 0.0344. The Balaban J connectivity index is 0.000000181. The lowest BCUT2D eigenvalue weighted by molar-refractivity contribution is 0.0773. The Hall–Kier alpha value is -6.76. The largest absolute Gasteiger partial charge is 0.366 e. The van der Waals surface area contributed by atoms with E-state index in [9.17, 15) is 13.2 Å². The number of carbonyl (C=O) groups excluding carboxylic acids is 1. The number of nitrogens with one attached hydrogen (secondary N) is 4. The van der Waals surface area contributed by atoms with Crippen LogP contribution in [0.4, 0.5) is 40.1 Å². The highest BCUT2D eigenvalue weighted by Crippen LogP contribution is 2.30. The minimum atomic E-state index is -3.73. The lowest BCUT2D eigenvalue weighted by atomic mass is 9.92. The Bertz CT molecular complexity index is 2830. The summed E-state index contributed by atoms with van der Waals surface area (Å²) in [4.78, 5) is 23.6. The van der Waals surface area contributed by atoms with Crippen LogP contribution in [0.2, 0.25) is 0 Å². The lowest BCUT2D eigenvalue weighted by Crippen LogP contribution is -2.33. The molecule has 2 saturated carbocycles. The van der Waals surface area contributed by atoms with Crippen molar-refractivity contribution in [2.24, 2.45) is 11.5 Å².